The number of hydroxylamine groups is 2. The summed E-state index contributed by atoms with van der Waals surface area (Å²) in [6.07, 6.45) is 6.77. The van der Waals surface area contributed by atoms with E-state index in [-0.39, 0.29) is 25.0 Å². The predicted molar refractivity (Wildman–Crippen MR) is 86.1 cm³/mol. The zero-order valence-corrected chi connectivity index (χ0v) is 14.6. The van der Waals surface area contributed by atoms with E-state index in [9.17, 15) is 19.2 Å². The first kappa shape index (κ1) is 21.3. The number of nitrogens with zero attached hydrogens (tertiary/aromatic N) is 1. The van der Waals surface area contributed by atoms with Crippen molar-refractivity contribution in [2.75, 3.05) is 0 Å². The van der Waals surface area contributed by atoms with Gasteiger partial charge in [0.2, 0.25) is 0 Å². The van der Waals surface area contributed by atoms with Gasteiger partial charge >= 0.3 is 5.97 Å². The number of Topliss-reactive ketones (excluding diaryl/α,β-unsaturated/α-hetero) is 1. The third kappa shape index (κ3) is 10.6. The van der Waals surface area contributed by atoms with Gasteiger partial charge in [0, 0.05) is 25.7 Å². The minimum absolute atomic E-state index is 0.108. The Morgan fingerprint density at radius 1 is 0.913 bits per heavy atom. The summed E-state index contributed by atoms with van der Waals surface area (Å²) in [6.45, 7) is 5.92. The minimum atomic E-state index is -0.560. The molecule has 23 heavy (non-hydrogen) atoms. The van der Waals surface area contributed by atoms with Gasteiger partial charge in [-0.15, -0.1) is 5.06 Å². The van der Waals surface area contributed by atoms with Crippen molar-refractivity contribution < 1.29 is 24.0 Å². The van der Waals surface area contributed by atoms with Crippen molar-refractivity contribution in [3.63, 3.8) is 0 Å². The summed E-state index contributed by atoms with van der Waals surface area (Å²) in [6, 6.07) is 0. The Hall–Kier alpha value is -1.72. The quantitative estimate of drug-likeness (QED) is 0.479. The molecule has 2 amide bonds. The van der Waals surface area contributed by atoms with Gasteiger partial charge in [0.15, 0.2) is 0 Å². The van der Waals surface area contributed by atoms with Crippen LogP contribution >= 0.6 is 0 Å². The largest absolute Gasteiger partial charge is 0.333 e. The molecule has 1 aliphatic heterocycles. The number of carbonyl (C=O) groups excluding carboxylic acids is 4. The lowest BCUT2D eigenvalue weighted by Crippen LogP contribution is -2.31. The zero-order chi connectivity index (χ0) is 17.7. The number of amides is 2. The van der Waals surface area contributed by atoms with Gasteiger partial charge < -0.3 is 9.63 Å². The highest BCUT2D eigenvalue weighted by atomic mass is 16.7. The summed E-state index contributed by atoms with van der Waals surface area (Å²) in [5.74, 6) is -1.31. The molecule has 0 spiro atoms. The average Bonchev–Trinajstić information content (AvgIpc) is 2.82. The highest BCUT2D eigenvalue weighted by Gasteiger charge is 2.32. The van der Waals surface area contributed by atoms with E-state index in [1.54, 1.807) is 6.92 Å². The van der Waals surface area contributed by atoms with E-state index in [1.165, 1.54) is 12.8 Å². The third-order valence-corrected chi connectivity index (χ3v) is 3.36. The van der Waals surface area contributed by atoms with Crippen LogP contribution in [-0.4, -0.2) is 28.6 Å². The fraction of sp³-hybridized carbons (Fsp3) is 0.765. The van der Waals surface area contributed by atoms with Crippen molar-refractivity contribution in [2.45, 2.75) is 85.0 Å². The Morgan fingerprint density at radius 2 is 1.39 bits per heavy atom. The lowest BCUT2D eigenvalue weighted by atomic mass is 10.1. The minimum Gasteiger partial charge on any atom is -0.330 e. The Balaban J connectivity index is 0.00000108. The fourth-order valence-electron chi connectivity index (χ4n) is 1.80. The molecule has 6 nitrogen and oxygen atoms in total. The SMILES string of the molecule is CC(=O)CCCCCCC(=O)ON1C(=O)CCC1=O.CCCC. The standard InChI is InChI=1S/C13H19NO5.C4H10/c1-10(15)6-4-2-3-5-7-13(18)19-14-11(16)8-9-12(14)17;1-3-4-2/h2-9H2,1H3;3-4H2,1-2H3. The van der Waals surface area contributed by atoms with Gasteiger partial charge in [-0.3, -0.25) is 9.59 Å². The van der Waals surface area contributed by atoms with E-state index in [4.69, 9.17) is 4.84 Å². The van der Waals surface area contributed by atoms with Gasteiger partial charge in [-0.2, -0.15) is 0 Å². The maximum atomic E-state index is 11.4. The number of rotatable bonds is 9. The molecule has 0 aromatic carbocycles. The summed E-state index contributed by atoms with van der Waals surface area (Å²) in [5, 5.41) is 0.568. The van der Waals surface area contributed by atoms with E-state index in [1.807, 2.05) is 0 Å². The molecular formula is C17H29NO5. The number of carbonyl (C=O) groups is 4. The molecule has 1 rings (SSSR count). The molecule has 0 aromatic rings. The molecule has 0 aromatic heterocycles. The Bertz CT molecular complexity index is 388. The highest BCUT2D eigenvalue weighted by Crippen LogP contribution is 2.13. The van der Waals surface area contributed by atoms with Crippen LogP contribution in [0.5, 0.6) is 0 Å². The second-order valence-electron chi connectivity index (χ2n) is 5.66. The van der Waals surface area contributed by atoms with Crippen LogP contribution in [0.2, 0.25) is 0 Å². The van der Waals surface area contributed by atoms with Crippen LogP contribution in [0.3, 0.4) is 0 Å². The molecule has 1 fully saturated rings. The summed E-state index contributed by atoms with van der Waals surface area (Å²) >= 11 is 0. The molecule has 6 heteroatoms. The van der Waals surface area contributed by atoms with E-state index < -0.39 is 17.8 Å². The smallest absolute Gasteiger partial charge is 0.330 e. The lowest BCUT2D eigenvalue weighted by molar-refractivity contribution is -0.197. The van der Waals surface area contributed by atoms with Crippen LogP contribution in [0, 0.1) is 0 Å². The monoisotopic (exact) mass is 327 g/mol. The van der Waals surface area contributed by atoms with Crippen LogP contribution in [0.4, 0.5) is 0 Å². The first-order valence-electron chi connectivity index (χ1n) is 8.48. The first-order chi connectivity index (χ1) is 10.9. The maximum Gasteiger partial charge on any atom is 0.333 e. The van der Waals surface area contributed by atoms with E-state index in [0.29, 0.717) is 17.9 Å². The molecule has 1 heterocycles. The average molecular weight is 327 g/mol. The van der Waals surface area contributed by atoms with Crippen LogP contribution in [-0.2, 0) is 24.0 Å². The Kier molecular flexibility index (Phi) is 11.8. The number of imide groups is 1. The second kappa shape index (κ2) is 12.8. The van der Waals surface area contributed by atoms with Gasteiger partial charge in [-0.25, -0.2) is 4.79 Å². The Morgan fingerprint density at radius 3 is 1.83 bits per heavy atom. The summed E-state index contributed by atoms with van der Waals surface area (Å²) in [7, 11) is 0. The van der Waals surface area contributed by atoms with Gasteiger partial charge in [0.1, 0.15) is 5.78 Å². The number of ketones is 1. The normalized spacial score (nSPS) is 13.6. The molecule has 132 valence electrons. The summed E-state index contributed by atoms with van der Waals surface area (Å²) in [5.41, 5.74) is 0. The molecular weight excluding hydrogens is 298 g/mol. The van der Waals surface area contributed by atoms with E-state index >= 15 is 0 Å². The topological polar surface area (TPSA) is 80.8 Å². The number of hydrogen-bond donors (Lipinski definition) is 0. The zero-order valence-electron chi connectivity index (χ0n) is 14.6. The first-order valence-corrected chi connectivity index (χ1v) is 8.48. The summed E-state index contributed by atoms with van der Waals surface area (Å²) < 4.78 is 0. The van der Waals surface area contributed by atoms with E-state index in [0.717, 1.165) is 19.3 Å². The van der Waals surface area contributed by atoms with E-state index in [2.05, 4.69) is 13.8 Å². The van der Waals surface area contributed by atoms with Gasteiger partial charge in [0.25, 0.3) is 11.8 Å². The van der Waals surface area contributed by atoms with Crippen molar-refractivity contribution >= 4 is 23.6 Å². The molecule has 0 radical (unpaired) electrons. The highest BCUT2D eigenvalue weighted by molar-refractivity contribution is 6.01. The molecule has 0 bridgehead atoms. The van der Waals surface area contributed by atoms with Crippen molar-refractivity contribution in [2.24, 2.45) is 0 Å². The fourth-order valence-corrected chi connectivity index (χ4v) is 1.80. The molecule has 0 unspecified atom stereocenters. The van der Waals surface area contributed by atoms with Crippen molar-refractivity contribution in [1.29, 1.82) is 0 Å². The second-order valence-corrected chi connectivity index (χ2v) is 5.66. The van der Waals surface area contributed by atoms with Crippen LogP contribution in [0.25, 0.3) is 0 Å². The molecule has 1 aliphatic rings. The predicted octanol–water partition coefficient (Wildman–Crippen LogP) is 3.33. The number of unbranched alkanes of at least 4 members (excludes halogenated alkanes) is 4. The van der Waals surface area contributed by atoms with Crippen molar-refractivity contribution in [3.8, 4) is 0 Å². The molecule has 0 aliphatic carbocycles. The third-order valence-electron chi connectivity index (χ3n) is 3.36. The van der Waals surface area contributed by atoms with Gasteiger partial charge in [-0.05, 0) is 19.8 Å². The summed E-state index contributed by atoms with van der Waals surface area (Å²) in [4.78, 5) is 49.2. The van der Waals surface area contributed by atoms with Crippen LogP contribution in [0.1, 0.15) is 85.0 Å². The molecule has 1 saturated heterocycles. The molecule has 0 atom stereocenters. The number of hydrogen-bond acceptors (Lipinski definition) is 5. The van der Waals surface area contributed by atoms with Crippen molar-refractivity contribution in [3.05, 3.63) is 0 Å². The van der Waals surface area contributed by atoms with Crippen molar-refractivity contribution in [1.82, 2.24) is 5.06 Å². The maximum absolute atomic E-state index is 11.4. The Labute approximate surface area is 138 Å². The van der Waals surface area contributed by atoms with Gasteiger partial charge in [0.05, 0.1) is 0 Å². The lowest BCUT2D eigenvalue weighted by Gasteiger charge is -2.12. The molecule has 0 N–H and O–H groups in total. The van der Waals surface area contributed by atoms with Crippen LogP contribution in [0.15, 0.2) is 0 Å². The molecule has 0 saturated carbocycles. The van der Waals surface area contributed by atoms with Crippen LogP contribution < -0.4 is 0 Å². The van der Waals surface area contributed by atoms with Gasteiger partial charge in [-0.1, -0.05) is 39.5 Å².